The van der Waals surface area contributed by atoms with Crippen LogP contribution >= 0.6 is 0 Å². The average Bonchev–Trinajstić information content (AvgIpc) is 2.12. The minimum atomic E-state index is -0.793. The molecule has 0 saturated carbocycles. The Labute approximate surface area is 84.9 Å². The summed E-state index contributed by atoms with van der Waals surface area (Å²) in [6.45, 7) is 5.06. The zero-order chi connectivity index (χ0) is 10.8. The zero-order valence-electron chi connectivity index (χ0n) is 9.00. The van der Waals surface area contributed by atoms with Gasteiger partial charge in [0.15, 0.2) is 5.41 Å². The third kappa shape index (κ3) is 1.88. The zero-order valence-corrected chi connectivity index (χ0v) is 9.00. The highest BCUT2D eigenvalue weighted by molar-refractivity contribution is 5.87. The first-order valence-corrected chi connectivity index (χ1v) is 4.95. The van der Waals surface area contributed by atoms with Crippen molar-refractivity contribution < 1.29 is 4.79 Å². The van der Waals surface area contributed by atoms with E-state index in [4.69, 9.17) is 5.26 Å². The molecule has 1 aliphatic heterocycles. The van der Waals surface area contributed by atoms with Gasteiger partial charge >= 0.3 is 0 Å². The second-order valence-corrected chi connectivity index (χ2v) is 4.15. The van der Waals surface area contributed by atoms with E-state index in [1.807, 2.05) is 25.8 Å². The van der Waals surface area contributed by atoms with Gasteiger partial charge in [0.25, 0.3) is 0 Å². The van der Waals surface area contributed by atoms with Gasteiger partial charge in [0.2, 0.25) is 5.91 Å². The van der Waals surface area contributed by atoms with Gasteiger partial charge in [0, 0.05) is 19.1 Å². The van der Waals surface area contributed by atoms with Crippen molar-refractivity contribution >= 4 is 5.91 Å². The summed E-state index contributed by atoms with van der Waals surface area (Å²) in [5, 5.41) is 11.8. The molecule has 0 spiro atoms. The number of nitriles is 1. The van der Waals surface area contributed by atoms with Gasteiger partial charge in [-0.3, -0.25) is 4.79 Å². The molecule has 1 fully saturated rings. The van der Waals surface area contributed by atoms with Crippen molar-refractivity contribution in [3.05, 3.63) is 0 Å². The molecule has 1 aliphatic rings. The number of nitrogens with one attached hydrogen (secondary N) is 1. The summed E-state index contributed by atoms with van der Waals surface area (Å²) < 4.78 is 0. The van der Waals surface area contributed by atoms with Crippen molar-refractivity contribution in [3.8, 4) is 6.07 Å². The minimum absolute atomic E-state index is 0.118. The van der Waals surface area contributed by atoms with Crippen LogP contribution in [0.4, 0.5) is 0 Å². The summed E-state index contributed by atoms with van der Waals surface area (Å²) >= 11 is 0. The minimum Gasteiger partial charge on any atom is -0.352 e. The maximum Gasteiger partial charge on any atom is 0.243 e. The van der Waals surface area contributed by atoms with Crippen molar-refractivity contribution in [1.29, 1.82) is 5.26 Å². The number of hydrogen-bond donors (Lipinski definition) is 1. The van der Waals surface area contributed by atoms with Crippen molar-refractivity contribution in [2.45, 2.75) is 26.3 Å². The van der Waals surface area contributed by atoms with Gasteiger partial charge in [-0.05, 0) is 20.4 Å². The molecule has 1 rings (SSSR count). The lowest BCUT2D eigenvalue weighted by atomic mass is 9.80. The van der Waals surface area contributed by atoms with Crippen LogP contribution in [-0.4, -0.2) is 37.0 Å². The monoisotopic (exact) mass is 195 g/mol. The number of nitrogens with zero attached hydrogens (tertiary/aromatic N) is 2. The maximum atomic E-state index is 11.7. The fourth-order valence-corrected chi connectivity index (χ4v) is 1.60. The van der Waals surface area contributed by atoms with E-state index in [2.05, 4.69) is 11.4 Å². The maximum absolute atomic E-state index is 11.7. The molecule has 1 unspecified atom stereocenters. The van der Waals surface area contributed by atoms with Crippen LogP contribution in [0.2, 0.25) is 0 Å². The molecular weight excluding hydrogens is 178 g/mol. The van der Waals surface area contributed by atoms with E-state index in [1.165, 1.54) is 0 Å². The van der Waals surface area contributed by atoms with E-state index in [1.54, 1.807) is 0 Å². The Morgan fingerprint density at radius 1 is 1.71 bits per heavy atom. The van der Waals surface area contributed by atoms with Crippen LogP contribution in [0.3, 0.4) is 0 Å². The van der Waals surface area contributed by atoms with Crippen LogP contribution < -0.4 is 5.32 Å². The standard InChI is InChI=1S/C10H17N3O/c1-4-8(2)12-9(14)10(5-11)6-13(3)7-10/h8H,4,6-7H2,1-3H3,(H,12,14). The summed E-state index contributed by atoms with van der Waals surface area (Å²) in [5.74, 6) is -0.118. The molecule has 1 amide bonds. The number of hydrogen-bond acceptors (Lipinski definition) is 3. The molecular formula is C10H17N3O. The third-order valence-electron chi connectivity index (χ3n) is 2.72. The highest BCUT2D eigenvalue weighted by Gasteiger charge is 2.48. The molecule has 1 saturated heterocycles. The lowest BCUT2D eigenvalue weighted by Gasteiger charge is -2.42. The van der Waals surface area contributed by atoms with E-state index < -0.39 is 5.41 Å². The topological polar surface area (TPSA) is 56.1 Å². The second-order valence-electron chi connectivity index (χ2n) is 4.15. The number of amides is 1. The molecule has 0 aromatic rings. The first-order valence-electron chi connectivity index (χ1n) is 4.95. The molecule has 1 atom stereocenters. The summed E-state index contributed by atoms with van der Waals surface area (Å²) in [4.78, 5) is 13.7. The van der Waals surface area contributed by atoms with Crippen LogP contribution in [0.1, 0.15) is 20.3 Å². The van der Waals surface area contributed by atoms with Crippen molar-refractivity contribution in [1.82, 2.24) is 10.2 Å². The van der Waals surface area contributed by atoms with Gasteiger partial charge in [-0.2, -0.15) is 5.26 Å². The Morgan fingerprint density at radius 3 is 2.64 bits per heavy atom. The number of carbonyl (C=O) groups excluding carboxylic acids is 1. The van der Waals surface area contributed by atoms with E-state index in [0.717, 1.165) is 6.42 Å². The first-order chi connectivity index (χ1) is 6.54. The quantitative estimate of drug-likeness (QED) is 0.707. The molecule has 0 radical (unpaired) electrons. The first kappa shape index (κ1) is 11.0. The largest absolute Gasteiger partial charge is 0.352 e. The van der Waals surface area contributed by atoms with E-state index >= 15 is 0 Å². The van der Waals surface area contributed by atoms with Crippen LogP contribution in [0.15, 0.2) is 0 Å². The summed E-state index contributed by atoms with van der Waals surface area (Å²) in [6.07, 6.45) is 0.892. The predicted molar refractivity (Wildman–Crippen MR) is 53.4 cm³/mol. The van der Waals surface area contributed by atoms with Crippen LogP contribution in [0.25, 0.3) is 0 Å². The normalized spacial score (nSPS) is 21.9. The molecule has 1 N–H and O–H groups in total. The Hall–Kier alpha value is -1.08. The molecule has 0 bridgehead atoms. The fourth-order valence-electron chi connectivity index (χ4n) is 1.60. The van der Waals surface area contributed by atoms with Gasteiger partial charge in [0.05, 0.1) is 6.07 Å². The van der Waals surface area contributed by atoms with Gasteiger partial charge in [0.1, 0.15) is 0 Å². The molecule has 78 valence electrons. The molecule has 4 heteroatoms. The number of rotatable bonds is 3. The summed E-state index contributed by atoms with van der Waals surface area (Å²) in [5.41, 5.74) is -0.793. The van der Waals surface area contributed by atoms with Crippen molar-refractivity contribution in [2.24, 2.45) is 5.41 Å². The summed E-state index contributed by atoms with van der Waals surface area (Å²) in [7, 11) is 1.91. The Bertz CT molecular complexity index is 263. The molecule has 0 aromatic heterocycles. The van der Waals surface area contributed by atoms with Crippen LogP contribution in [0.5, 0.6) is 0 Å². The van der Waals surface area contributed by atoms with E-state index in [-0.39, 0.29) is 11.9 Å². The van der Waals surface area contributed by atoms with Crippen LogP contribution in [0, 0.1) is 16.7 Å². The molecule has 1 heterocycles. The molecule has 4 nitrogen and oxygen atoms in total. The Kier molecular flexibility index (Phi) is 3.12. The lowest BCUT2D eigenvalue weighted by Crippen LogP contribution is -2.61. The van der Waals surface area contributed by atoms with Gasteiger partial charge in [-0.1, -0.05) is 6.92 Å². The highest BCUT2D eigenvalue weighted by atomic mass is 16.2. The summed E-state index contributed by atoms with van der Waals surface area (Å²) in [6, 6.07) is 2.27. The van der Waals surface area contributed by atoms with E-state index in [0.29, 0.717) is 13.1 Å². The number of likely N-dealkylation sites (tertiary alicyclic amines) is 1. The average molecular weight is 195 g/mol. The van der Waals surface area contributed by atoms with Crippen molar-refractivity contribution in [3.63, 3.8) is 0 Å². The Balaban J connectivity index is 2.56. The molecule has 0 aromatic carbocycles. The van der Waals surface area contributed by atoms with E-state index in [9.17, 15) is 4.79 Å². The molecule has 14 heavy (non-hydrogen) atoms. The SMILES string of the molecule is CCC(C)NC(=O)C1(C#N)CN(C)C1. The third-order valence-corrected chi connectivity index (χ3v) is 2.72. The Morgan fingerprint density at radius 2 is 2.29 bits per heavy atom. The second kappa shape index (κ2) is 3.97. The fraction of sp³-hybridized carbons (Fsp3) is 0.800. The van der Waals surface area contributed by atoms with Crippen molar-refractivity contribution in [2.75, 3.05) is 20.1 Å². The molecule has 0 aliphatic carbocycles. The predicted octanol–water partition coefficient (Wildman–Crippen LogP) is 0.356. The highest BCUT2D eigenvalue weighted by Crippen LogP contribution is 2.28. The van der Waals surface area contributed by atoms with Gasteiger partial charge in [-0.25, -0.2) is 0 Å². The van der Waals surface area contributed by atoms with Crippen LogP contribution in [-0.2, 0) is 4.79 Å². The smallest absolute Gasteiger partial charge is 0.243 e. The van der Waals surface area contributed by atoms with Gasteiger partial charge < -0.3 is 10.2 Å². The lowest BCUT2D eigenvalue weighted by molar-refractivity contribution is -0.135. The number of carbonyl (C=O) groups is 1. The van der Waals surface area contributed by atoms with Gasteiger partial charge in [-0.15, -0.1) is 0 Å².